The highest BCUT2D eigenvalue weighted by Gasteiger charge is 2.45. The van der Waals surface area contributed by atoms with E-state index in [2.05, 4.69) is 5.32 Å². The van der Waals surface area contributed by atoms with Gasteiger partial charge in [0.05, 0.1) is 18.5 Å². The first kappa shape index (κ1) is 26.8. The quantitative estimate of drug-likeness (QED) is 0.607. The maximum absolute atomic E-state index is 14.4. The molecule has 35 heavy (non-hydrogen) atoms. The van der Waals surface area contributed by atoms with Gasteiger partial charge >= 0.3 is 12.1 Å². The molecule has 8 nitrogen and oxygen atoms in total. The van der Waals surface area contributed by atoms with Gasteiger partial charge in [0.1, 0.15) is 29.0 Å². The molecule has 0 aromatic heterocycles. The van der Waals surface area contributed by atoms with Crippen molar-refractivity contribution in [2.75, 3.05) is 24.5 Å². The van der Waals surface area contributed by atoms with Crippen LogP contribution >= 0.6 is 0 Å². The summed E-state index contributed by atoms with van der Waals surface area (Å²) < 4.78 is 39.8. The van der Waals surface area contributed by atoms with E-state index in [1.165, 1.54) is 6.07 Å². The number of piperazine rings is 1. The number of amides is 2. The highest BCUT2D eigenvalue weighted by Crippen LogP contribution is 2.32. The second-order valence-electron chi connectivity index (χ2n) is 10.8. The van der Waals surface area contributed by atoms with E-state index >= 15 is 0 Å². The summed E-state index contributed by atoms with van der Waals surface area (Å²) in [6.45, 7) is 10.9. The van der Waals surface area contributed by atoms with Crippen molar-refractivity contribution in [3.8, 4) is 0 Å². The van der Waals surface area contributed by atoms with Crippen LogP contribution in [0.15, 0.2) is 18.2 Å². The third-order valence-corrected chi connectivity index (χ3v) is 6.41. The number of nitrogens with zero attached hydrogens (tertiary/aromatic N) is 2. The van der Waals surface area contributed by atoms with Crippen LogP contribution in [0.1, 0.15) is 54.4 Å². The van der Waals surface area contributed by atoms with Crippen molar-refractivity contribution >= 4 is 23.7 Å². The Hall–Kier alpha value is -2.75. The number of hydrogen-bond acceptors (Lipinski definition) is 6. The fourth-order valence-electron chi connectivity index (χ4n) is 4.50. The van der Waals surface area contributed by atoms with Gasteiger partial charge in [0.2, 0.25) is 5.91 Å². The monoisotopic (exact) mass is 495 g/mol. The maximum Gasteiger partial charge on any atom is 0.408 e. The molecule has 2 fully saturated rings. The molecule has 2 heterocycles. The summed E-state index contributed by atoms with van der Waals surface area (Å²) in [6, 6.07) is 2.84. The van der Waals surface area contributed by atoms with Crippen LogP contribution in [0.2, 0.25) is 0 Å². The van der Waals surface area contributed by atoms with Crippen LogP contribution in [0.25, 0.3) is 0 Å². The van der Waals surface area contributed by atoms with Crippen molar-refractivity contribution in [2.45, 2.75) is 77.7 Å². The summed E-state index contributed by atoms with van der Waals surface area (Å²) in [5, 5.41) is 2.82. The van der Waals surface area contributed by atoms with Crippen molar-refractivity contribution in [3.63, 3.8) is 0 Å². The molecular weight excluding hydrogens is 460 g/mol. The Bertz CT molecular complexity index is 958. The molecule has 1 aromatic rings. The number of hydrogen-bond donors (Lipinski definition) is 1. The van der Waals surface area contributed by atoms with Crippen molar-refractivity contribution < 1.29 is 32.6 Å². The molecule has 3 atom stereocenters. The topological polar surface area (TPSA) is 88.2 Å². The van der Waals surface area contributed by atoms with Crippen LogP contribution in [0, 0.1) is 17.6 Å². The van der Waals surface area contributed by atoms with Crippen LogP contribution in [0.5, 0.6) is 0 Å². The van der Waals surface area contributed by atoms with E-state index in [4.69, 9.17) is 9.47 Å². The molecule has 2 aliphatic heterocycles. The number of benzene rings is 1. The largest absolute Gasteiger partial charge is 0.460 e. The predicted molar refractivity (Wildman–Crippen MR) is 126 cm³/mol. The lowest BCUT2D eigenvalue weighted by atomic mass is 9.94. The zero-order chi connectivity index (χ0) is 26.1. The number of para-hydroxylation sites is 1. The van der Waals surface area contributed by atoms with Crippen molar-refractivity contribution in [2.24, 2.45) is 5.92 Å². The minimum absolute atomic E-state index is 0.0326. The molecule has 2 amide bonds. The Kier molecular flexibility index (Phi) is 7.74. The van der Waals surface area contributed by atoms with Gasteiger partial charge in [-0.15, -0.1) is 0 Å². The minimum Gasteiger partial charge on any atom is -0.460 e. The van der Waals surface area contributed by atoms with Crippen LogP contribution in [0.3, 0.4) is 0 Å². The van der Waals surface area contributed by atoms with E-state index in [1.54, 1.807) is 20.8 Å². The first-order valence-corrected chi connectivity index (χ1v) is 11.9. The number of alkyl carbamates (subject to hydrolysis) is 1. The molecule has 3 rings (SSSR count). The fourth-order valence-corrected chi connectivity index (χ4v) is 4.50. The van der Waals surface area contributed by atoms with E-state index in [-0.39, 0.29) is 37.2 Å². The number of cyclic esters (lactones) is 1. The number of nitrogens with one attached hydrogen (secondary N) is 1. The molecule has 0 saturated carbocycles. The van der Waals surface area contributed by atoms with Gasteiger partial charge in [0.25, 0.3) is 0 Å². The molecule has 2 aliphatic rings. The number of carbonyl (C=O) groups excluding carboxylic acids is 3. The van der Waals surface area contributed by atoms with Crippen molar-refractivity contribution in [3.05, 3.63) is 29.8 Å². The highest BCUT2D eigenvalue weighted by atomic mass is 19.1. The van der Waals surface area contributed by atoms with Gasteiger partial charge in [-0.05, 0) is 59.6 Å². The number of ether oxygens (including phenoxy) is 2. The summed E-state index contributed by atoms with van der Waals surface area (Å²) >= 11 is 0. The van der Waals surface area contributed by atoms with E-state index in [9.17, 15) is 23.2 Å². The molecule has 1 N–H and O–H groups in total. The molecular formula is C25H35F2N3O5. The summed E-state index contributed by atoms with van der Waals surface area (Å²) in [7, 11) is 0. The number of anilines is 1. The second-order valence-corrected chi connectivity index (χ2v) is 10.8. The molecule has 10 heteroatoms. The Balaban J connectivity index is 1.82. The number of halogens is 2. The third kappa shape index (κ3) is 6.28. The first-order valence-electron chi connectivity index (χ1n) is 11.9. The zero-order valence-corrected chi connectivity index (χ0v) is 21.2. The lowest BCUT2D eigenvalue weighted by molar-refractivity contribution is -0.145. The van der Waals surface area contributed by atoms with Crippen molar-refractivity contribution in [1.82, 2.24) is 10.2 Å². The van der Waals surface area contributed by atoms with Crippen LogP contribution in [-0.4, -0.2) is 65.8 Å². The van der Waals surface area contributed by atoms with E-state index in [0.717, 1.165) is 17.0 Å². The number of carbonyl (C=O) groups is 3. The Morgan fingerprint density at radius 2 is 1.89 bits per heavy atom. The van der Waals surface area contributed by atoms with Gasteiger partial charge in [0, 0.05) is 18.6 Å². The van der Waals surface area contributed by atoms with Gasteiger partial charge in [-0.2, -0.15) is 0 Å². The Morgan fingerprint density at radius 3 is 2.43 bits per heavy atom. The van der Waals surface area contributed by atoms with E-state index in [1.807, 2.05) is 25.7 Å². The smallest absolute Gasteiger partial charge is 0.408 e. The lowest BCUT2D eigenvalue weighted by Gasteiger charge is -2.48. The first-order chi connectivity index (χ1) is 16.2. The van der Waals surface area contributed by atoms with Gasteiger partial charge in [0.15, 0.2) is 0 Å². The molecule has 1 aromatic carbocycles. The van der Waals surface area contributed by atoms with Crippen LogP contribution < -0.4 is 10.2 Å². The minimum atomic E-state index is -0.810. The fraction of sp³-hybridized carbons (Fsp3) is 0.640. The normalized spacial score (nSPS) is 23.7. The molecule has 0 radical (unpaired) electrons. The SMILES string of the molecule is CC[C@@H]1C[C@@H]([C@H](CN2CC(=O)N(c3c(F)cccc3F)CC2(C)C)NC(=O)OC(C)(C)C)OC1=O. The Labute approximate surface area is 204 Å². The third-order valence-electron chi connectivity index (χ3n) is 6.41. The van der Waals surface area contributed by atoms with E-state index < -0.39 is 46.9 Å². The summed E-state index contributed by atoms with van der Waals surface area (Å²) in [5.41, 5.74) is -1.80. The van der Waals surface area contributed by atoms with Gasteiger partial charge in [-0.3, -0.25) is 14.5 Å². The summed E-state index contributed by atoms with van der Waals surface area (Å²) in [6.07, 6.45) is -0.196. The zero-order valence-electron chi connectivity index (χ0n) is 21.2. The maximum atomic E-state index is 14.4. The molecule has 0 aliphatic carbocycles. The highest BCUT2D eigenvalue weighted by molar-refractivity contribution is 5.96. The van der Waals surface area contributed by atoms with Gasteiger partial charge < -0.3 is 19.7 Å². The van der Waals surface area contributed by atoms with E-state index in [0.29, 0.717) is 12.8 Å². The summed E-state index contributed by atoms with van der Waals surface area (Å²) in [4.78, 5) is 40.8. The number of esters is 1. The lowest BCUT2D eigenvalue weighted by Crippen LogP contribution is -2.65. The van der Waals surface area contributed by atoms with Crippen LogP contribution in [-0.2, 0) is 19.1 Å². The van der Waals surface area contributed by atoms with Crippen molar-refractivity contribution in [1.29, 1.82) is 0 Å². The average molecular weight is 496 g/mol. The summed E-state index contributed by atoms with van der Waals surface area (Å²) in [5.74, 6) is -2.67. The molecule has 2 saturated heterocycles. The molecule has 0 spiro atoms. The predicted octanol–water partition coefficient (Wildman–Crippen LogP) is 3.63. The molecule has 0 unspecified atom stereocenters. The standard InChI is InChI=1S/C25H35F2N3O5/c1-7-15-11-19(34-22(15)32)18(28-23(33)35-24(2,3)4)12-29-13-20(31)30(14-25(29,5)6)21-16(26)9-8-10-17(21)27/h8-10,15,18-19H,7,11-14H2,1-6H3,(H,28,33)/t15-,18+,19+/m1/s1. The Morgan fingerprint density at radius 1 is 1.26 bits per heavy atom. The van der Waals surface area contributed by atoms with Crippen LogP contribution in [0.4, 0.5) is 19.3 Å². The number of rotatable bonds is 6. The molecule has 194 valence electrons. The average Bonchev–Trinajstić information content (AvgIpc) is 3.10. The van der Waals surface area contributed by atoms with Gasteiger partial charge in [-0.25, -0.2) is 13.6 Å². The molecule has 0 bridgehead atoms. The second kappa shape index (κ2) is 10.1. The van der Waals surface area contributed by atoms with Gasteiger partial charge in [-0.1, -0.05) is 13.0 Å².